The minimum atomic E-state index is -0.0606. The van der Waals surface area contributed by atoms with Crippen molar-refractivity contribution in [2.45, 2.75) is 25.8 Å². The molecule has 0 bridgehead atoms. The van der Waals surface area contributed by atoms with Crippen molar-refractivity contribution >= 4 is 28.9 Å². The molecule has 6 heteroatoms. The van der Waals surface area contributed by atoms with Crippen molar-refractivity contribution in [3.8, 4) is 11.5 Å². The molecule has 0 aliphatic carbocycles. The molecule has 166 valence electrons. The van der Waals surface area contributed by atoms with Crippen molar-refractivity contribution < 1.29 is 14.3 Å². The summed E-state index contributed by atoms with van der Waals surface area (Å²) in [6.45, 7) is 3.08. The van der Waals surface area contributed by atoms with Gasteiger partial charge in [0, 0.05) is 31.2 Å². The molecule has 0 radical (unpaired) electrons. The predicted molar refractivity (Wildman–Crippen MR) is 129 cm³/mol. The lowest BCUT2D eigenvalue weighted by molar-refractivity contribution is 0.0989. The van der Waals surface area contributed by atoms with Crippen LogP contribution >= 0.6 is 11.6 Å². The van der Waals surface area contributed by atoms with Crippen molar-refractivity contribution in [2.24, 2.45) is 0 Å². The minimum Gasteiger partial charge on any atom is -0.493 e. The second-order valence-corrected chi connectivity index (χ2v) is 8.15. The van der Waals surface area contributed by atoms with Crippen LogP contribution in [0, 0.1) is 6.92 Å². The first-order valence-corrected chi connectivity index (χ1v) is 11.1. The first kappa shape index (κ1) is 22.0. The molecule has 0 spiro atoms. The number of anilines is 2. The van der Waals surface area contributed by atoms with E-state index in [1.54, 1.807) is 20.2 Å². The van der Waals surface area contributed by atoms with E-state index in [1.165, 1.54) is 5.56 Å². The number of rotatable bonds is 7. The highest BCUT2D eigenvalue weighted by Crippen LogP contribution is 2.37. The molecule has 0 aromatic heterocycles. The maximum absolute atomic E-state index is 13.4. The number of carbonyl (C=O) groups excluding carboxylic acids is 1. The van der Waals surface area contributed by atoms with Crippen LogP contribution in [0.4, 0.5) is 11.4 Å². The molecule has 0 saturated heterocycles. The van der Waals surface area contributed by atoms with Gasteiger partial charge in [0.05, 0.1) is 18.4 Å². The molecule has 0 saturated carbocycles. The Morgan fingerprint density at radius 3 is 2.62 bits per heavy atom. The van der Waals surface area contributed by atoms with Gasteiger partial charge in [-0.15, -0.1) is 11.6 Å². The van der Waals surface area contributed by atoms with Crippen LogP contribution in [0.2, 0.25) is 0 Å². The fourth-order valence-electron chi connectivity index (χ4n) is 4.18. The number of nitrogens with zero attached hydrogens (tertiary/aromatic N) is 1. The van der Waals surface area contributed by atoms with Crippen LogP contribution in [0.1, 0.15) is 32.6 Å². The molecular formula is C26H27ClN2O3. The molecular weight excluding hydrogens is 424 g/mol. The van der Waals surface area contributed by atoms with E-state index in [1.807, 2.05) is 42.2 Å². The second-order valence-electron chi connectivity index (χ2n) is 7.88. The number of aryl methyl sites for hydroxylation is 1. The Kier molecular flexibility index (Phi) is 6.56. The Morgan fingerprint density at radius 1 is 1.09 bits per heavy atom. The van der Waals surface area contributed by atoms with Gasteiger partial charge >= 0.3 is 0 Å². The normalized spacial score (nSPS) is 12.4. The maximum atomic E-state index is 13.4. The summed E-state index contributed by atoms with van der Waals surface area (Å²) in [5, 5.41) is 3.14. The SMILES string of the molecule is CNc1cc(OCc2cc(C)cc(CCl)c2)c(OC)cc1C(=O)N1CCc2ccccc21. The monoisotopic (exact) mass is 450 g/mol. The van der Waals surface area contributed by atoms with Gasteiger partial charge in [0.2, 0.25) is 0 Å². The number of hydrogen-bond donors (Lipinski definition) is 1. The lowest BCUT2D eigenvalue weighted by Gasteiger charge is -2.21. The summed E-state index contributed by atoms with van der Waals surface area (Å²) in [7, 11) is 3.38. The minimum absolute atomic E-state index is 0.0606. The highest BCUT2D eigenvalue weighted by Gasteiger charge is 2.28. The molecule has 1 aliphatic heterocycles. The number of hydrogen-bond acceptors (Lipinski definition) is 4. The Balaban J connectivity index is 1.61. The summed E-state index contributed by atoms with van der Waals surface area (Å²) in [5.41, 5.74) is 6.62. The Morgan fingerprint density at radius 2 is 1.88 bits per heavy atom. The van der Waals surface area contributed by atoms with Crippen molar-refractivity contribution in [3.05, 3.63) is 82.4 Å². The fourth-order valence-corrected chi connectivity index (χ4v) is 4.33. The van der Waals surface area contributed by atoms with Crippen molar-refractivity contribution in [1.82, 2.24) is 0 Å². The van der Waals surface area contributed by atoms with E-state index in [0.717, 1.165) is 28.8 Å². The highest BCUT2D eigenvalue weighted by atomic mass is 35.5. The van der Waals surface area contributed by atoms with Crippen LogP contribution in [0.3, 0.4) is 0 Å². The van der Waals surface area contributed by atoms with E-state index in [-0.39, 0.29) is 5.91 Å². The number of nitrogens with one attached hydrogen (secondary N) is 1. The standard InChI is InChI=1S/C26H27ClN2O3/c1-17-10-18(15-27)12-19(11-17)16-32-25-14-22(28-2)21(13-24(25)31-3)26(30)29-9-8-20-6-4-5-7-23(20)29/h4-7,10-14,28H,8-9,15-16H2,1-3H3. The molecule has 0 atom stereocenters. The fraction of sp³-hybridized carbons (Fsp3) is 0.269. The molecule has 1 aliphatic rings. The smallest absolute Gasteiger partial charge is 0.260 e. The number of para-hydroxylation sites is 1. The van der Waals surface area contributed by atoms with Crippen LogP contribution in [0.5, 0.6) is 11.5 Å². The van der Waals surface area contributed by atoms with Crippen molar-refractivity contribution in [3.63, 3.8) is 0 Å². The topological polar surface area (TPSA) is 50.8 Å². The summed E-state index contributed by atoms with van der Waals surface area (Å²) in [6, 6.07) is 17.8. The van der Waals surface area contributed by atoms with Gasteiger partial charge in [-0.2, -0.15) is 0 Å². The molecule has 1 amide bonds. The molecule has 3 aromatic carbocycles. The molecule has 32 heavy (non-hydrogen) atoms. The zero-order valence-electron chi connectivity index (χ0n) is 18.6. The molecule has 4 rings (SSSR count). The lowest BCUT2D eigenvalue weighted by atomic mass is 10.1. The van der Waals surface area contributed by atoms with Gasteiger partial charge in [-0.25, -0.2) is 0 Å². The van der Waals surface area contributed by atoms with Gasteiger partial charge in [-0.3, -0.25) is 4.79 Å². The number of methoxy groups -OCH3 is 1. The lowest BCUT2D eigenvalue weighted by Crippen LogP contribution is -2.29. The number of alkyl halides is 1. The largest absolute Gasteiger partial charge is 0.493 e. The van der Waals surface area contributed by atoms with Crippen LogP contribution < -0.4 is 19.7 Å². The summed E-state index contributed by atoms with van der Waals surface area (Å²) in [5.74, 6) is 1.49. The van der Waals surface area contributed by atoms with Crippen molar-refractivity contribution in [2.75, 3.05) is 30.9 Å². The molecule has 0 fully saturated rings. The third-order valence-electron chi connectivity index (χ3n) is 5.68. The number of halogens is 1. The highest BCUT2D eigenvalue weighted by molar-refractivity contribution is 6.17. The first-order chi connectivity index (χ1) is 15.5. The molecule has 0 unspecified atom stereocenters. The van der Waals surface area contributed by atoms with E-state index in [4.69, 9.17) is 21.1 Å². The number of carbonyl (C=O) groups is 1. The van der Waals surface area contributed by atoms with Gasteiger partial charge in [0.25, 0.3) is 5.91 Å². The molecule has 1 heterocycles. The van der Waals surface area contributed by atoms with Crippen LogP contribution in [0.25, 0.3) is 0 Å². The van der Waals surface area contributed by atoms with Gasteiger partial charge in [0.15, 0.2) is 11.5 Å². The number of fused-ring (bicyclic) bond motifs is 1. The third kappa shape index (κ3) is 4.39. The van der Waals surface area contributed by atoms with Crippen LogP contribution in [-0.2, 0) is 18.9 Å². The number of amides is 1. The Hall–Kier alpha value is -3.18. The first-order valence-electron chi connectivity index (χ1n) is 10.6. The van der Waals surface area contributed by atoms with Gasteiger partial charge < -0.3 is 19.7 Å². The maximum Gasteiger partial charge on any atom is 0.260 e. The summed E-state index contributed by atoms with van der Waals surface area (Å²) in [4.78, 5) is 15.3. The quantitative estimate of drug-likeness (QED) is 0.478. The van der Waals surface area contributed by atoms with E-state index in [9.17, 15) is 4.79 Å². The van der Waals surface area contributed by atoms with E-state index >= 15 is 0 Å². The summed E-state index contributed by atoms with van der Waals surface area (Å²) in [6.07, 6.45) is 0.857. The van der Waals surface area contributed by atoms with E-state index in [0.29, 0.717) is 41.8 Å². The van der Waals surface area contributed by atoms with Crippen LogP contribution in [-0.4, -0.2) is 26.6 Å². The second kappa shape index (κ2) is 9.53. The van der Waals surface area contributed by atoms with Gasteiger partial charge in [0.1, 0.15) is 6.61 Å². The predicted octanol–water partition coefficient (Wildman–Crippen LogP) is 5.57. The average Bonchev–Trinajstić information content (AvgIpc) is 3.25. The Bertz CT molecular complexity index is 1150. The summed E-state index contributed by atoms with van der Waals surface area (Å²) >= 11 is 6.00. The molecule has 1 N–H and O–H groups in total. The zero-order valence-corrected chi connectivity index (χ0v) is 19.3. The molecule has 3 aromatic rings. The number of benzene rings is 3. The third-order valence-corrected chi connectivity index (χ3v) is 5.99. The average molecular weight is 451 g/mol. The summed E-state index contributed by atoms with van der Waals surface area (Å²) < 4.78 is 11.7. The van der Waals surface area contributed by atoms with Gasteiger partial charge in [-0.1, -0.05) is 42.0 Å². The van der Waals surface area contributed by atoms with Crippen LogP contribution in [0.15, 0.2) is 54.6 Å². The van der Waals surface area contributed by atoms with Crippen molar-refractivity contribution in [1.29, 1.82) is 0 Å². The van der Waals surface area contributed by atoms with E-state index < -0.39 is 0 Å². The molecule has 5 nitrogen and oxygen atoms in total. The van der Waals surface area contributed by atoms with E-state index in [2.05, 4.69) is 23.5 Å². The number of ether oxygens (including phenoxy) is 2. The van der Waals surface area contributed by atoms with Gasteiger partial charge in [-0.05, 0) is 42.2 Å². The zero-order chi connectivity index (χ0) is 22.7. The Labute approximate surface area is 193 Å².